The van der Waals surface area contributed by atoms with E-state index in [1.165, 1.54) is 6.20 Å². The van der Waals surface area contributed by atoms with Crippen LogP contribution < -0.4 is 5.32 Å². The Labute approximate surface area is 197 Å². The lowest BCUT2D eigenvalue weighted by atomic mass is 9.95. The van der Waals surface area contributed by atoms with E-state index in [0.29, 0.717) is 47.4 Å². The summed E-state index contributed by atoms with van der Waals surface area (Å²) in [4.78, 5) is 31.8. The van der Waals surface area contributed by atoms with Gasteiger partial charge in [0.15, 0.2) is 0 Å². The standard InChI is InChI=1S/C24H24Cl2N4O2/c1-15-12-21(16(2)30(15)20-5-3-4-18(25)13-20)24(32)29-10-8-17(9-11-29)23(31)28-22-7-6-19(26)14-27-22/h3-7,12-14,17H,8-11H2,1-2H3,(H,27,28,31). The second kappa shape index (κ2) is 9.35. The molecule has 1 N–H and O–H groups in total. The van der Waals surface area contributed by atoms with Crippen LogP contribution in [0.4, 0.5) is 5.82 Å². The number of likely N-dealkylation sites (tertiary alicyclic amines) is 1. The van der Waals surface area contributed by atoms with Gasteiger partial charge >= 0.3 is 0 Å². The third kappa shape index (κ3) is 4.66. The number of carbonyl (C=O) groups excluding carboxylic acids is 2. The van der Waals surface area contributed by atoms with Gasteiger partial charge in [-0.15, -0.1) is 0 Å². The molecule has 166 valence electrons. The number of rotatable bonds is 4. The topological polar surface area (TPSA) is 67.2 Å². The van der Waals surface area contributed by atoms with Crippen molar-refractivity contribution >= 4 is 40.8 Å². The molecule has 0 spiro atoms. The van der Waals surface area contributed by atoms with Gasteiger partial charge in [0.05, 0.1) is 10.6 Å². The number of hydrogen-bond acceptors (Lipinski definition) is 3. The number of benzene rings is 1. The minimum Gasteiger partial charge on any atom is -0.339 e. The number of amides is 2. The fourth-order valence-corrected chi connectivity index (χ4v) is 4.48. The Morgan fingerprint density at radius 1 is 1.03 bits per heavy atom. The molecule has 3 heterocycles. The molecule has 6 nitrogen and oxygen atoms in total. The molecule has 0 radical (unpaired) electrons. The van der Waals surface area contributed by atoms with Crippen LogP contribution in [0.2, 0.25) is 10.0 Å². The highest BCUT2D eigenvalue weighted by Gasteiger charge is 2.29. The number of carbonyl (C=O) groups is 2. The molecule has 0 bridgehead atoms. The van der Waals surface area contributed by atoms with Crippen LogP contribution in [0.15, 0.2) is 48.7 Å². The molecule has 32 heavy (non-hydrogen) atoms. The largest absolute Gasteiger partial charge is 0.339 e. The molecule has 1 aromatic carbocycles. The summed E-state index contributed by atoms with van der Waals surface area (Å²) in [5.74, 6) is 0.234. The van der Waals surface area contributed by atoms with Gasteiger partial charge < -0.3 is 14.8 Å². The zero-order chi connectivity index (χ0) is 22.8. The van der Waals surface area contributed by atoms with Crippen LogP contribution in [0, 0.1) is 19.8 Å². The molecule has 2 aromatic heterocycles. The number of aryl methyl sites for hydroxylation is 1. The Hall–Kier alpha value is -2.83. The molecule has 4 rings (SSSR count). The molecule has 0 saturated carbocycles. The van der Waals surface area contributed by atoms with E-state index in [4.69, 9.17) is 23.2 Å². The Morgan fingerprint density at radius 2 is 1.78 bits per heavy atom. The Morgan fingerprint density at radius 3 is 2.44 bits per heavy atom. The van der Waals surface area contributed by atoms with Gasteiger partial charge in [0.25, 0.3) is 5.91 Å². The van der Waals surface area contributed by atoms with Gasteiger partial charge in [-0.25, -0.2) is 4.98 Å². The highest BCUT2D eigenvalue weighted by Crippen LogP contribution is 2.26. The van der Waals surface area contributed by atoms with Gasteiger partial charge in [-0.3, -0.25) is 9.59 Å². The molecule has 1 saturated heterocycles. The number of aromatic nitrogens is 2. The molecule has 0 aliphatic carbocycles. The van der Waals surface area contributed by atoms with Crippen LogP contribution in [-0.4, -0.2) is 39.4 Å². The SMILES string of the molecule is Cc1cc(C(=O)N2CCC(C(=O)Nc3ccc(Cl)cn3)CC2)c(C)n1-c1cccc(Cl)c1. The van der Waals surface area contributed by atoms with Crippen molar-refractivity contribution in [3.05, 3.63) is 75.7 Å². The highest BCUT2D eigenvalue weighted by molar-refractivity contribution is 6.30. The first-order chi connectivity index (χ1) is 15.3. The van der Waals surface area contributed by atoms with Crippen molar-refractivity contribution in [2.24, 2.45) is 5.92 Å². The lowest BCUT2D eigenvalue weighted by Gasteiger charge is -2.31. The molecule has 2 amide bonds. The van der Waals surface area contributed by atoms with Crippen molar-refractivity contribution in [2.45, 2.75) is 26.7 Å². The molecule has 1 aliphatic rings. The molecule has 8 heteroatoms. The van der Waals surface area contributed by atoms with Crippen LogP contribution in [0.1, 0.15) is 34.6 Å². The second-order valence-corrected chi connectivity index (χ2v) is 8.89. The smallest absolute Gasteiger partial charge is 0.255 e. The third-order valence-corrected chi connectivity index (χ3v) is 6.32. The number of piperidine rings is 1. The van der Waals surface area contributed by atoms with Gasteiger partial charge in [0.1, 0.15) is 5.82 Å². The summed E-state index contributed by atoms with van der Waals surface area (Å²) < 4.78 is 2.04. The van der Waals surface area contributed by atoms with E-state index in [1.54, 1.807) is 12.1 Å². The van der Waals surface area contributed by atoms with Crippen LogP contribution in [-0.2, 0) is 4.79 Å². The van der Waals surface area contributed by atoms with E-state index in [9.17, 15) is 9.59 Å². The first-order valence-electron chi connectivity index (χ1n) is 10.5. The maximum absolute atomic E-state index is 13.2. The van der Waals surface area contributed by atoms with Crippen LogP contribution in [0.5, 0.6) is 0 Å². The first kappa shape index (κ1) is 22.4. The summed E-state index contributed by atoms with van der Waals surface area (Å²) in [5.41, 5.74) is 3.45. The van der Waals surface area contributed by atoms with Gasteiger partial charge in [-0.1, -0.05) is 29.3 Å². The summed E-state index contributed by atoms with van der Waals surface area (Å²) in [5, 5.41) is 4.00. The average Bonchev–Trinajstić information content (AvgIpc) is 3.08. The van der Waals surface area contributed by atoms with E-state index in [-0.39, 0.29) is 17.7 Å². The number of nitrogens with zero attached hydrogens (tertiary/aromatic N) is 3. The zero-order valence-electron chi connectivity index (χ0n) is 17.9. The van der Waals surface area contributed by atoms with Crippen molar-refractivity contribution in [1.82, 2.24) is 14.5 Å². The van der Waals surface area contributed by atoms with Crippen molar-refractivity contribution < 1.29 is 9.59 Å². The van der Waals surface area contributed by atoms with E-state index < -0.39 is 0 Å². The predicted octanol–water partition coefficient (Wildman–Crippen LogP) is 5.29. The zero-order valence-corrected chi connectivity index (χ0v) is 19.5. The fourth-order valence-electron chi connectivity index (χ4n) is 4.19. The van der Waals surface area contributed by atoms with Gasteiger partial charge in [0, 0.05) is 47.3 Å². The fraction of sp³-hybridized carbons (Fsp3) is 0.292. The van der Waals surface area contributed by atoms with Crippen molar-refractivity contribution in [2.75, 3.05) is 18.4 Å². The molecular weight excluding hydrogens is 447 g/mol. The monoisotopic (exact) mass is 470 g/mol. The maximum atomic E-state index is 13.2. The average molecular weight is 471 g/mol. The quantitative estimate of drug-likeness (QED) is 0.563. The van der Waals surface area contributed by atoms with E-state index in [1.807, 2.05) is 53.6 Å². The Balaban J connectivity index is 1.42. The van der Waals surface area contributed by atoms with Gasteiger partial charge in [-0.2, -0.15) is 0 Å². The number of nitrogens with one attached hydrogen (secondary N) is 1. The first-order valence-corrected chi connectivity index (χ1v) is 11.3. The summed E-state index contributed by atoms with van der Waals surface area (Å²) in [6, 6.07) is 12.9. The summed E-state index contributed by atoms with van der Waals surface area (Å²) in [6.45, 7) is 4.99. The Kier molecular flexibility index (Phi) is 6.53. The van der Waals surface area contributed by atoms with Gasteiger partial charge in [0.2, 0.25) is 5.91 Å². The molecular formula is C24H24Cl2N4O2. The van der Waals surface area contributed by atoms with Crippen LogP contribution in [0.25, 0.3) is 5.69 Å². The highest BCUT2D eigenvalue weighted by atomic mass is 35.5. The van der Waals surface area contributed by atoms with Gasteiger partial charge in [-0.05, 0) is 63.1 Å². The number of anilines is 1. The van der Waals surface area contributed by atoms with E-state index in [0.717, 1.165) is 17.1 Å². The molecule has 3 aromatic rings. The van der Waals surface area contributed by atoms with Crippen LogP contribution >= 0.6 is 23.2 Å². The van der Waals surface area contributed by atoms with Crippen molar-refractivity contribution in [3.8, 4) is 5.69 Å². The molecule has 0 atom stereocenters. The predicted molar refractivity (Wildman–Crippen MR) is 127 cm³/mol. The number of halogens is 2. The summed E-state index contributed by atoms with van der Waals surface area (Å²) in [6.07, 6.45) is 2.72. The molecule has 0 unspecified atom stereocenters. The number of hydrogen-bond donors (Lipinski definition) is 1. The minimum absolute atomic E-state index is 0.00963. The van der Waals surface area contributed by atoms with E-state index in [2.05, 4.69) is 10.3 Å². The summed E-state index contributed by atoms with van der Waals surface area (Å²) >= 11 is 12.0. The molecule has 1 aliphatic heterocycles. The maximum Gasteiger partial charge on any atom is 0.255 e. The van der Waals surface area contributed by atoms with Crippen LogP contribution in [0.3, 0.4) is 0 Å². The summed E-state index contributed by atoms with van der Waals surface area (Å²) in [7, 11) is 0. The lowest BCUT2D eigenvalue weighted by molar-refractivity contribution is -0.121. The third-order valence-electron chi connectivity index (χ3n) is 5.86. The van der Waals surface area contributed by atoms with Crippen molar-refractivity contribution in [3.63, 3.8) is 0 Å². The molecule has 1 fully saturated rings. The minimum atomic E-state index is -0.157. The normalized spacial score (nSPS) is 14.4. The Bertz CT molecular complexity index is 1150. The lowest BCUT2D eigenvalue weighted by Crippen LogP contribution is -2.41. The second-order valence-electron chi connectivity index (χ2n) is 8.02. The van der Waals surface area contributed by atoms with Crippen molar-refractivity contribution in [1.29, 1.82) is 0 Å². The van der Waals surface area contributed by atoms with E-state index >= 15 is 0 Å². The number of pyridine rings is 1.